The van der Waals surface area contributed by atoms with Crippen molar-refractivity contribution in [2.24, 2.45) is 0 Å². The Morgan fingerprint density at radius 3 is 1.96 bits per heavy atom. The quantitative estimate of drug-likeness (QED) is 0.841. The number of piperazine rings is 1. The van der Waals surface area contributed by atoms with Crippen LogP contribution in [-0.4, -0.2) is 71.8 Å². The predicted octanol–water partition coefficient (Wildman–Crippen LogP) is 2.34. The van der Waals surface area contributed by atoms with Crippen molar-refractivity contribution in [3.05, 3.63) is 60.2 Å². The lowest BCUT2D eigenvalue weighted by atomic mass is 10.0. The molecule has 0 unspecified atom stereocenters. The maximum Gasteiger partial charge on any atom is 0.253 e. The fraction of sp³-hybridized carbons (Fsp3) is 0.364. The summed E-state index contributed by atoms with van der Waals surface area (Å²) in [4.78, 5) is 30.3. The second kappa shape index (κ2) is 7.53. The summed E-state index contributed by atoms with van der Waals surface area (Å²) >= 11 is 0. The third-order valence-corrected chi connectivity index (χ3v) is 5.66. The maximum atomic E-state index is 12.7. The van der Waals surface area contributed by atoms with Crippen LogP contribution >= 0.6 is 0 Å². The van der Waals surface area contributed by atoms with E-state index >= 15 is 0 Å². The number of amides is 2. The van der Waals surface area contributed by atoms with Crippen LogP contribution in [-0.2, 0) is 4.79 Å². The number of carbonyl (C=O) groups is 2. The topological polar surface area (TPSA) is 43.9 Å². The first-order chi connectivity index (χ1) is 13.1. The summed E-state index contributed by atoms with van der Waals surface area (Å²) in [5, 5.41) is 0. The lowest BCUT2D eigenvalue weighted by Gasteiger charge is -2.48. The van der Waals surface area contributed by atoms with Crippen LogP contribution in [0.3, 0.4) is 0 Å². The van der Waals surface area contributed by atoms with Crippen LogP contribution in [0, 0.1) is 0 Å². The van der Waals surface area contributed by atoms with Gasteiger partial charge in [0.15, 0.2) is 0 Å². The molecule has 2 aromatic rings. The normalized spacial score (nSPS) is 18.3. The first-order valence-electron chi connectivity index (χ1n) is 9.56. The van der Waals surface area contributed by atoms with Crippen LogP contribution in [0.1, 0.15) is 17.3 Å². The molecule has 0 atom stereocenters. The van der Waals surface area contributed by atoms with Crippen molar-refractivity contribution < 1.29 is 9.59 Å². The summed E-state index contributed by atoms with van der Waals surface area (Å²) < 4.78 is 0. The van der Waals surface area contributed by atoms with E-state index in [2.05, 4.69) is 17.0 Å². The van der Waals surface area contributed by atoms with Crippen molar-refractivity contribution in [3.63, 3.8) is 0 Å². The largest absolute Gasteiger partial charge is 0.340 e. The van der Waals surface area contributed by atoms with Crippen molar-refractivity contribution in [1.82, 2.24) is 14.7 Å². The minimum Gasteiger partial charge on any atom is -0.340 e. The van der Waals surface area contributed by atoms with Crippen molar-refractivity contribution in [2.45, 2.75) is 13.0 Å². The van der Waals surface area contributed by atoms with Gasteiger partial charge in [-0.2, -0.15) is 0 Å². The van der Waals surface area contributed by atoms with E-state index in [1.165, 1.54) is 0 Å². The maximum absolute atomic E-state index is 12.7. The minimum atomic E-state index is 0.105. The number of benzene rings is 2. The molecule has 5 heteroatoms. The highest BCUT2D eigenvalue weighted by atomic mass is 16.2. The zero-order chi connectivity index (χ0) is 18.8. The van der Waals surface area contributed by atoms with Gasteiger partial charge in [-0.15, -0.1) is 0 Å². The van der Waals surface area contributed by atoms with E-state index in [-0.39, 0.29) is 11.8 Å². The zero-order valence-electron chi connectivity index (χ0n) is 15.7. The Bertz CT molecular complexity index is 805. The Balaban J connectivity index is 1.31. The summed E-state index contributed by atoms with van der Waals surface area (Å²) in [6.45, 7) is 6.57. The molecule has 2 heterocycles. The van der Waals surface area contributed by atoms with Gasteiger partial charge in [0.05, 0.1) is 0 Å². The van der Waals surface area contributed by atoms with Gasteiger partial charge in [0.2, 0.25) is 5.91 Å². The van der Waals surface area contributed by atoms with Gasteiger partial charge >= 0.3 is 0 Å². The van der Waals surface area contributed by atoms with Crippen LogP contribution in [0.2, 0.25) is 0 Å². The molecule has 2 aliphatic rings. The summed E-state index contributed by atoms with van der Waals surface area (Å²) in [5.41, 5.74) is 3.02. The fourth-order valence-corrected chi connectivity index (χ4v) is 3.87. The average Bonchev–Trinajstić information content (AvgIpc) is 2.68. The van der Waals surface area contributed by atoms with E-state index in [0.29, 0.717) is 6.04 Å². The first kappa shape index (κ1) is 17.7. The molecule has 0 bridgehead atoms. The standard InChI is InChI=1S/C22H25N3O2/c1-17(26)23-11-13-24(14-12-23)21-15-25(16-21)22(27)20-9-7-19(8-10-20)18-5-3-2-4-6-18/h2-10,21H,11-16H2,1H3. The van der Waals surface area contributed by atoms with Gasteiger partial charge < -0.3 is 9.80 Å². The summed E-state index contributed by atoms with van der Waals surface area (Å²) in [5.74, 6) is 0.257. The Kier molecular flexibility index (Phi) is 4.94. The molecule has 2 saturated heterocycles. The zero-order valence-corrected chi connectivity index (χ0v) is 15.7. The van der Waals surface area contributed by atoms with Crippen molar-refractivity contribution in [1.29, 1.82) is 0 Å². The number of hydrogen-bond donors (Lipinski definition) is 0. The van der Waals surface area contributed by atoms with Gasteiger partial charge in [-0.1, -0.05) is 42.5 Å². The van der Waals surface area contributed by atoms with Gasteiger partial charge in [-0.05, 0) is 23.3 Å². The second-order valence-electron chi connectivity index (χ2n) is 7.35. The van der Waals surface area contributed by atoms with E-state index in [1.807, 2.05) is 52.3 Å². The van der Waals surface area contributed by atoms with Crippen molar-refractivity contribution in [2.75, 3.05) is 39.3 Å². The SMILES string of the molecule is CC(=O)N1CCN(C2CN(C(=O)c3ccc(-c4ccccc4)cc3)C2)CC1. The molecule has 0 aromatic heterocycles. The predicted molar refractivity (Wildman–Crippen MR) is 105 cm³/mol. The highest BCUT2D eigenvalue weighted by Gasteiger charge is 2.36. The molecule has 2 aromatic carbocycles. The number of likely N-dealkylation sites (tertiary alicyclic amines) is 1. The monoisotopic (exact) mass is 363 g/mol. The third kappa shape index (κ3) is 3.74. The van der Waals surface area contributed by atoms with Crippen LogP contribution in [0.4, 0.5) is 0 Å². The molecule has 0 spiro atoms. The molecule has 140 valence electrons. The number of nitrogens with zero attached hydrogens (tertiary/aromatic N) is 3. The molecule has 4 rings (SSSR count). The van der Waals surface area contributed by atoms with E-state index in [4.69, 9.17) is 0 Å². The van der Waals surface area contributed by atoms with Gasteiger partial charge in [-0.3, -0.25) is 14.5 Å². The Hall–Kier alpha value is -2.66. The highest BCUT2D eigenvalue weighted by molar-refractivity contribution is 5.95. The number of hydrogen-bond acceptors (Lipinski definition) is 3. The van der Waals surface area contributed by atoms with E-state index in [0.717, 1.165) is 56.0 Å². The summed E-state index contributed by atoms with van der Waals surface area (Å²) in [6.07, 6.45) is 0. The molecule has 0 aliphatic carbocycles. The molecule has 0 N–H and O–H groups in total. The number of carbonyl (C=O) groups excluding carboxylic acids is 2. The first-order valence-corrected chi connectivity index (χ1v) is 9.56. The molecule has 2 fully saturated rings. The molecule has 0 radical (unpaired) electrons. The van der Waals surface area contributed by atoms with Crippen molar-refractivity contribution >= 4 is 11.8 Å². The van der Waals surface area contributed by atoms with Crippen molar-refractivity contribution in [3.8, 4) is 11.1 Å². The minimum absolute atomic E-state index is 0.105. The molecular weight excluding hydrogens is 338 g/mol. The van der Waals surface area contributed by atoms with Crippen LogP contribution in [0.25, 0.3) is 11.1 Å². The lowest BCUT2D eigenvalue weighted by molar-refractivity contribution is -0.131. The Labute approximate surface area is 160 Å². The molecule has 27 heavy (non-hydrogen) atoms. The van der Waals surface area contributed by atoms with Gasteiger partial charge in [-0.25, -0.2) is 0 Å². The van der Waals surface area contributed by atoms with Gasteiger partial charge in [0, 0.05) is 57.8 Å². The number of rotatable bonds is 3. The molecule has 5 nitrogen and oxygen atoms in total. The van der Waals surface area contributed by atoms with E-state index in [1.54, 1.807) is 6.92 Å². The Morgan fingerprint density at radius 2 is 1.37 bits per heavy atom. The fourth-order valence-electron chi connectivity index (χ4n) is 3.87. The molecular formula is C22H25N3O2. The Morgan fingerprint density at radius 1 is 0.778 bits per heavy atom. The van der Waals surface area contributed by atoms with Gasteiger partial charge in [0.25, 0.3) is 5.91 Å². The molecule has 2 amide bonds. The molecule has 2 aliphatic heterocycles. The van der Waals surface area contributed by atoms with E-state index < -0.39 is 0 Å². The van der Waals surface area contributed by atoms with E-state index in [9.17, 15) is 9.59 Å². The summed E-state index contributed by atoms with van der Waals surface area (Å²) in [7, 11) is 0. The van der Waals surface area contributed by atoms with Crippen LogP contribution in [0.5, 0.6) is 0 Å². The molecule has 0 saturated carbocycles. The highest BCUT2D eigenvalue weighted by Crippen LogP contribution is 2.22. The second-order valence-corrected chi connectivity index (χ2v) is 7.35. The van der Waals surface area contributed by atoms with Gasteiger partial charge in [0.1, 0.15) is 0 Å². The van der Waals surface area contributed by atoms with Crippen LogP contribution in [0.15, 0.2) is 54.6 Å². The average molecular weight is 363 g/mol. The lowest BCUT2D eigenvalue weighted by Crippen LogP contribution is -2.64. The summed E-state index contributed by atoms with van der Waals surface area (Å²) in [6, 6.07) is 18.5. The third-order valence-electron chi connectivity index (χ3n) is 5.66. The smallest absolute Gasteiger partial charge is 0.253 e. The van der Waals surface area contributed by atoms with Crippen LogP contribution < -0.4 is 0 Å².